The van der Waals surface area contributed by atoms with E-state index >= 15 is 0 Å². The molecule has 0 aromatic heterocycles. The van der Waals surface area contributed by atoms with Crippen LogP contribution in [0.3, 0.4) is 0 Å². The minimum atomic E-state index is -4.26. The van der Waals surface area contributed by atoms with Crippen molar-refractivity contribution < 1.29 is 18.3 Å². The van der Waals surface area contributed by atoms with Crippen molar-refractivity contribution in [2.45, 2.75) is 88.3 Å². The number of hydrogen-bond donors (Lipinski definition) is 1. The van der Waals surface area contributed by atoms with E-state index < -0.39 is 11.7 Å². The summed E-state index contributed by atoms with van der Waals surface area (Å²) in [4.78, 5) is 0.941. The second-order valence-electron chi connectivity index (χ2n) is 11.1. The van der Waals surface area contributed by atoms with Crippen molar-refractivity contribution >= 4 is 11.8 Å². The van der Waals surface area contributed by atoms with Crippen LogP contribution < -0.4 is 0 Å². The Bertz CT molecular complexity index is 863. The highest BCUT2D eigenvalue weighted by molar-refractivity contribution is 7.99. The largest absolute Gasteiger partial charge is 0.416 e. The maximum atomic E-state index is 12.8. The summed E-state index contributed by atoms with van der Waals surface area (Å²) in [7, 11) is 0. The molecule has 5 rings (SSSR count). The average Bonchev–Trinajstić information content (AvgIpc) is 3.18. The number of allylic oxidation sites excluding steroid dienone is 1. The summed E-state index contributed by atoms with van der Waals surface area (Å²) >= 11 is 1.72. The predicted octanol–water partition coefficient (Wildman–Crippen LogP) is 7.88. The second-order valence-corrected chi connectivity index (χ2v) is 12.2. The molecule has 0 aliphatic heterocycles. The highest BCUT2D eigenvalue weighted by Crippen LogP contribution is 2.66. The summed E-state index contributed by atoms with van der Waals surface area (Å²) in [5, 5.41) is 10.2. The summed E-state index contributed by atoms with van der Waals surface area (Å²) < 4.78 is 38.5. The van der Waals surface area contributed by atoms with Gasteiger partial charge in [0, 0.05) is 4.90 Å². The summed E-state index contributed by atoms with van der Waals surface area (Å²) in [6.07, 6.45) is 9.98. The van der Waals surface area contributed by atoms with Crippen molar-refractivity contribution in [2.75, 3.05) is 5.75 Å². The van der Waals surface area contributed by atoms with Crippen LogP contribution >= 0.6 is 11.8 Å². The lowest BCUT2D eigenvalue weighted by atomic mass is 9.47. The van der Waals surface area contributed by atoms with E-state index in [-0.39, 0.29) is 11.5 Å². The van der Waals surface area contributed by atoms with Gasteiger partial charge < -0.3 is 5.11 Å². The van der Waals surface area contributed by atoms with E-state index in [1.165, 1.54) is 62.7 Å². The molecule has 1 aromatic carbocycles. The number of hydrogen-bond acceptors (Lipinski definition) is 2. The van der Waals surface area contributed by atoms with Crippen molar-refractivity contribution in [1.29, 1.82) is 0 Å². The normalized spacial score (nSPS) is 39.1. The lowest BCUT2D eigenvalue weighted by molar-refractivity contribution is -0.137. The van der Waals surface area contributed by atoms with Crippen molar-refractivity contribution in [3.63, 3.8) is 0 Å². The maximum Gasteiger partial charge on any atom is 0.416 e. The first kappa shape index (κ1) is 22.8. The maximum absolute atomic E-state index is 12.8. The number of fused-ring (bicyclic) bond motifs is 5. The molecule has 0 heterocycles. The molecule has 32 heavy (non-hydrogen) atoms. The molecule has 3 saturated carbocycles. The standard InChI is InChI=1S/C27H35F3OS/c1-25-13-10-20(31)17-19(25)6-9-22-23(25)11-14-26(12-2-3-24(22)26)15-16-32-21-7-4-18(5-8-21)27(28,29)30/h4-8,20,22-24,31H,2-3,9-17H2,1H3/t20-,22+,23-,24-,25-,26-/m0/s1. The van der Waals surface area contributed by atoms with E-state index in [4.69, 9.17) is 0 Å². The van der Waals surface area contributed by atoms with Gasteiger partial charge >= 0.3 is 6.18 Å². The zero-order chi connectivity index (χ0) is 22.6. The SMILES string of the molecule is C[C@]12CC[C@H](O)CC1=CC[C@H]1[C@@H]3CCC[C@@]3(CCSc3ccc(C(F)(F)F)cc3)CC[C@@H]12. The number of aliphatic hydroxyl groups is 1. The Morgan fingerprint density at radius 3 is 2.56 bits per heavy atom. The molecule has 0 bridgehead atoms. The zero-order valence-electron chi connectivity index (χ0n) is 19.0. The highest BCUT2D eigenvalue weighted by Gasteiger charge is 2.56. The van der Waals surface area contributed by atoms with Gasteiger partial charge in [0.05, 0.1) is 11.7 Å². The Hall–Kier alpha value is -0.940. The monoisotopic (exact) mass is 464 g/mol. The highest BCUT2D eigenvalue weighted by atomic mass is 32.2. The van der Waals surface area contributed by atoms with Gasteiger partial charge in [-0.1, -0.05) is 25.0 Å². The van der Waals surface area contributed by atoms with Crippen LogP contribution in [-0.4, -0.2) is 17.0 Å². The molecule has 1 N–H and O–H groups in total. The fourth-order valence-corrected chi connectivity index (χ4v) is 9.06. The molecule has 1 aromatic rings. The molecular formula is C27H35F3OS. The third-order valence-corrected chi connectivity index (χ3v) is 10.7. The van der Waals surface area contributed by atoms with Gasteiger partial charge in [0.2, 0.25) is 0 Å². The molecule has 6 atom stereocenters. The molecule has 0 amide bonds. The Kier molecular flexibility index (Phi) is 5.97. The van der Waals surface area contributed by atoms with E-state index in [9.17, 15) is 18.3 Å². The van der Waals surface area contributed by atoms with Gasteiger partial charge in [-0.2, -0.15) is 13.2 Å². The summed E-state index contributed by atoms with van der Waals surface area (Å²) in [6.45, 7) is 2.48. The van der Waals surface area contributed by atoms with Crippen LogP contribution in [0.4, 0.5) is 13.2 Å². The van der Waals surface area contributed by atoms with Crippen LogP contribution in [0.1, 0.15) is 76.7 Å². The van der Waals surface area contributed by atoms with Gasteiger partial charge in [-0.15, -0.1) is 11.8 Å². The predicted molar refractivity (Wildman–Crippen MR) is 123 cm³/mol. The van der Waals surface area contributed by atoms with Crippen molar-refractivity contribution in [3.8, 4) is 0 Å². The lowest BCUT2D eigenvalue weighted by Gasteiger charge is -2.58. The number of rotatable bonds is 4. The molecule has 0 unspecified atom stereocenters. The summed E-state index contributed by atoms with van der Waals surface area (Å²) in [6, 6.07) is 5.66. The topological polar surface area (TPSA) is 20.2 Å². The van der Waals surface area contributed by atoms with Crippen LogP contribution in [0.5, 0.6) is 0 Å². The molecule has 0 spiro atoms. The Labute approximate surface area is 194 Å². The van der Waals surface area contributed by atoms with Crippen molar-refractivity contribution in [2.24, 2.45) is 28.6 Å². The minimum Gasteiger partial charge on any atom is -0.393 e. The van der Waals surface area contributed by atoms with E-state index in [1.807, 2.05) is 0 Å². The summed E-state index contributed by atoms with van der Waals surface area (Å²) in [5.74, 6) is 3.31. The molecule has 176 valence electrons. The number of alkyl halides is 3. The quantitative estimate of drug-likeness (QED) is 0.361. The fourth-order valence-electron chi connectivity index (χ4n) is 7.98. The number of thioether (sulfide) groups is 1. The van der Waals surface area contributed by atoms with Gasteiger partial charge in [0.1, 0.15) is 0 Å². The Morgan fingerprint density at radius 2 is 1.81 bits per heavy atom. The Morgan fingerprint density at radius 1 is 1.03 bits per heavy atom. The van der Waals surface area contributed by atoms with Crippen LogP contribution in [0.25, 0.3) is 0 Å². The smallest absolute Gasteiger partial charge is 0.393 e. The van der Waals surface area contributed by atoms with Crippen molar-refractivity contribution in [1.82, 2.24) is 0 Å². The summed E-state index contributed by atoms with van der Waals surface area (Å²) in [5.41, 5.74) is 1.67. The van der Waals surface area contributed by atoms with E-state index in [0.29, 0.717) is 5.41 Å². The first-order valence-corrected chi connectivity index (χ1v) is 13.4. The van der Waals surface area contributed by atoms with Crippen LogP contribution in [0.15, 0.2) is 40.8 Å². The molecule has 5 heteroatoms. The van der Waals surface area contributed by atoms with Crippen LogP contribution in [0.2, 0.25) is 0 Å². The third kappa shape index (κ3) is 3.96. The first-order chi connectivity index (χ1) is 15.2. The van der Waals surface area contributed by atoms with Gasteiger partial charge in [-0.05, 0) is 116 Å². The van der Waals surface area contributed by atoms with E-state index in [1.54, 1.807) is 23.9 Å². The third-order valence-electron chi connectivity index (χ3n) is 9.65. The molecule has 3 fully saturated rings. The average molecular weight is 465 g/mol. The molecule has 0 saturated heterocycles. The molecule has 0 radical (unpaired) electrons. The fraction of sp³-hybridized carbons (Fsp3) is 0.704. The second kappa shape index (κ2) is 8.37. The number of benzene rings is 1. The zero-order valence-corrected chi connectivity index (χ0v) is 19.8. The van der Waals surface area contributed by atoms with Crippen LogP contribution in [-0.2, 0) is 6.18 Å². The van der Waals surface area contributed by atoms with Crippen LogP contribution in [0, 0.1) is 28.6 Å². The molecule has 4 aliphatic carbocycles. The Balaban J connectivity index is 1.26. The van der Waals surface area contributed by atoms with E-state index in [0.717, 1.165) is 47.7 Å². The minimum absolute atomic E-state index is 0.151. The first-order valence-electron chi connectivity index (χ1n) is 12.4. The molecule has 1 nitrogen and oxygen atoms in total. The van der Waals surface area contributed by atoms with Gasteiger partial charge in [0.15, 0.2) is 0 Å². The molecule has 4 aliphatic rings. The van der Waals surface area contributed by atoms with Gasteiger partial charge in [0.25, 0.3) is 0 Å². The van der Waals surface area contributed by atoms with Gasteiger partial charge in [-0.25, -0.2) is 0 Å². The van der Waals surface area contributed by atoms with Crippen molar-refractivity contribution in [3.05, 3.63) is 41.5 Å². The lowest BCUT2D eigenvalue weighted by Crippen LogP contribution is -2.50. The van der Waals surface area contributed by atoms with Gasteiger partial charge in [-0.3, -0.25) is 0 Å². The molecular weight excluding hydrogens is 429 g/mol. The number of aliphatic hydroxyl groups excluding tert-OH is 1. The van der Waals surface area contributed by atoms with E-state index in [2.05, 4.69) is 13.0 Å². The number of halogens is 3.